The van der Waals surface area contributed by atoms with Crippen LogP contribution in [0.3, 0.4) is 0 Å². The molecule has 1 aromatic heterocycles. The number of fused-ring (bicyclic) bond motifs is 1. The summed E-state index contributed by atoms with van der Waals surface area (Å²) >= 11 is 0. The molecule has 0 fully saturated rings. The Balaban J connectivity index is 0.000000771. The molecule has 0 radical (unpaired) electrons. The largest absolute Gasteiger partial charge is 0.424 e. The number of carbonyl (C=O) groups excluding carboxylic acids is 2. The first-order valence-corrected chi connectivity index (χ1v) is 5.89. The summed E-state index contributed by atoms with van der Waals surface area (Å²) < 4.78 is 6.51. The highest BCUT2D eigenvalue weighted by Crippen LogP contribution is 2.27. The van der Waals surface area contributed by atoms with Gasteiger partial charge in [0.25, 0.3) is 0 Å². The van der Waals surface area contributed by atoms with Crippen molar-refractivity contribution in [2.24, 2.45) is 0 Å². The number of hydrogen-bond acceptors (Lipinski definition) is 3. The van der Waals surface area contributed by atoms with Gasteiger partial charge in [0.2, 0.25) is 5.91 Å². The fraction of sp³-hybridized carbons (Fsp3) is 0.286. The number of hydrogen-bond donors (Lipinski definition) is 0. The van der Waals surface area contributed by atoms with Crippen molar-refractivity contribution in [1.82, 2.24) is 4.57 Å². The van der Waals surface area contributed by atoms with Crippen LogP contribution in [0.5, 0.6) is 5.75 Å². The minimum absolute atomic E-state index is 0.116. The maximum absolute atomic E-state index is 11.4. The van der Waals surface area contributed by atoms with Gasteiger partial charge in [0, 0.05) is 19.2 Å². The van der Waals surface area contributed by atoms with Crippen LogP contribution in [0.15, 0.2) is 30.5 Å². The van der Waals surface area contributed by atoms with Crippen LogP contribution in [-0.2, 0) is 4.79 Å². The Labute approximate surface area is 106 Å². The van der Waals surface area contributed by atoms with E-state index in [4.69, 9.17) is 4.74 Å². The zero-order valence-corrected chi connectivity index (χ0v) is 11.1. The average Bonchev–Trinajstić information content (AvgIpc) is 2.71. The van der Waals surface area contributed by atoms with E-state index < -0.39 is 5.97 Å². The standard InChI is InChI=1S/C12H11NO3.C2H6/c1-8(14)13-7-12(16-9(2)15)10-5-3-4-6-11(10)13;1-2/h3-7H,1-2H3;1-2H3. The van der Waals surface area contributed by atoms with Gasteiger partial charge in [-0.05, 0) is 12.1 Å². The molecule has 2 rings (SSSR count). The van der Waals surface area contributed by atoms with Crippen molar-refractivity contribution in [3.8, 4) is 5.75 Å². The minimum Gasteiger partial charge on any atom is -0.424 e. The maximum atomic E-state index is 11.4. The molecule has 1 aromatic carbocycles. The number of para-hydroxylation sites is 1. The molecule has 1 heterocycles. The highest BCUT2D eigenvalue weighted by Gasteiger charge is 2.12. The molecule has 18 heavy (non-hydrogen) atoms. The summed E-state index contributed by atoms with van der Waals surface area (Å²) in [6, 6.07) is 7.29. The maximum Gasteiger partial charge on any atom is 0.308 e. The summed E-state index contributed by atoms with van der Waals surface area (Å²) in [7, 11) is 0. The first-order valence-electron chi connectivity index (χ1n) is 5.89. The normalized spacial score (nSPS) is 9.56. The van der Waals surface area contributed by atoms with E-state index in [2.05, 4.69) is 0 Å². The lowest BCUT2D eigenvalue weighted by atomic mass is 10.2. The van der Waals surface area contributed by atoms with Crippen LogP contribution in [0.1, 0.15) is 32.5 Å². The Morgan fingerprint density at radius 3 is 2.28 bits per heavy atom. The van der Waals surface area contributed by atoms with Crippen LogP contribution >= 0.6 is 0 Å². The second kappa shape index (κ2) is 6.00. The van der Waals surface area contributed by atoms with Crippen LogP contribution in [0, 0.1) is 0 Å². The number of nitrogens with zero attached hydrogens (tertiary/aromatic N) is 1. The molecule has 0 saturated carbocycles. The SMILES string of the molecule is CC.CC(=O)Oc1cn(C(C)=O)c2ccccc12. The summed E-state index contributed by atoms with van der Waals surface area (Å²) in [5.41, 5.74) is 0.742. The third-order valence-corrected chi connectivity index (χ3v) is 2.27. The molecule has 0 atom stereocenters. The van der Waals surface area contributed by atoms with E-state index in [0.717, 1.165) is 10.9 Å². The minimum atomic E-state index is -0.397. The zero-order chi connectivity index (χ0) is 13.7. The molecule has 0 aliphatic rings. The van der Waals surface area contributed by atoms with Crippen LogP contribution in [0.2, 0.25) is 0 Å². The van der Waals surface area contributed by atoms with E-state index in [0.29, 0.717) is 5.75 Å². The Kier molecular flexibility index (Phi) is 4.66. The number of esters is 1. The van der Waals surface area contributed by atoms with Crippen molar-refractivity contribution < 1.29 is 14.3 Å². The monoisotopic (exact) mass is 247 g/mol. The molecular formula is C14H17NO3. The fourth-order valence-corrected chi connectivity index (χ4v) is 1.65. The van der Waals surface area contributed by atoms with Gasteiger partial charge in [0.15, 0.2) is 5.75 Å². The topological polar surface area (TPSA) is 48.3 Å². The van der Waals surface area contributed by atoms with E-state index in [9.17, 15) is 9.59 Å². The molecule has 4 nitrogen and oxygen atoms in total. The lowest BCUT2D eigenvalue weighted by molar-refractivity contribution is -0.131. The van der Waals surface area contributed by atoms with Crippen molar-refractivity contribution >= 4 is 22.8 Å². The molecule has 4 heteroatoms. The summed E-state index contributed by atoms with van der Waals surface area (Å²) in [6.45, 7) is 6.80. The highest BCUT2D eigenvalue weighted by atomic mass is 16.5. The third-order valence-electron chi connectivity index (χ3n) is 2.27. The van der Waals surface area contributed by atoms with E-state index in [1.54, 1.807) is 0 Å². The molecule has 0 bridgehead atoms. The highest BCUT2D eigenvalue weighted by molar-refractivity contribution is 5.96. The number of ether oxygens (including phenoxy) is 1. The molecular weight excluding hydrogens is 230 g/mol. The van der Waals surface area contributed by atoms with Gasteiger partial charge in [0.05, 0.1) is 11.7 Å². The number of carbonyl (C=O) groups is 2. The predicted octanol–water partition coefficient (Wildman–Crippen LogP) is 3.25. The summed E-state index contributed by atoms with van der Waals surface area (Å²) in [6.07, 6.45) is 1.54. The summed E-state index contributed by atoms with van der Waals surface area (Å²) in [5, 5.41) is 0.757. The van der Waals surface area contributed by atoms with Crippen LogP contribution < -0.4 is 4.74 Å². The predicted molar refractivity (Wildman–Crippen MR) is 70.9 cm³/mol. The van der Waals surface area contributed by atoms with Gasteiger partial charge in [-0.3, -0.25) is 14.2 Å². The first-order chi connectivity index (χ1) is 8.59. The van der Waals surface area contributed by atoms with E-state index in [-0.39, 0.29) is 5.91 Å². The van der Waals surface area contributed by atoms with Crippen LogP contribution in [0.4, 0.5) is 0 Å². The van der Waals surface area contributed by atoms with Crippen molar-refractivity contribution in [2.45, 2.75) is 27.7 Å². The Hall–Kier alpha value is -2.10. The second-order valence-corrected chi connectivity index (χ2v) is 3.49. The van der Waals surface area contributed by atoms with Crippen molar-refractivity contribution in [3.05, 3.63) is 30.5 Å². The lowest BCUT2D eigenvalue weighted by Gasteiger charge is -1.96. The zero-order valence-electron chi connectivity index (χ0n) is 11.1. The quantitative estimate of drug-likeness (QED) is 0.727. The molecule has 0 N–H and O–H groups in total. The van der Waals surface area contributed by atoms with Crippen molar-refractivity contribution in [2.75, 3.05) is 0 Å². The number of rotatable bonds is 1. The Morgan fingerprint density at radius 1 is 1.11 bits per heavy atom. The molecule has 2 aromatic rings. The van der Waals surface area contributed by atoms with E-state index >= 15 is 0 Å². The van der Waals surface area contributed by atoms with Gasteiger partial charge < -0.3 is 4.74 Å². The van der Waals surface area contributed by atoms with Gasteiger partial charge in [-0.1, -0.05) is 26.0 Å². The van der Waals surface area contributed by atoms with Gasteiger partial charge >= 0.3 is 5.97 Å². The van der Waals surface area contributed by atoms with Crippen LogP contribution in [0.25, 0.3) is 10.9 Å². The fourth-order valence-electron chi connectivity index (χ4n) is 1.65. The number of aromatic nitrogens is 1. The molecule has 0 spiro atoms. The van der Waals surface area contributed by atoms with Crippen LogP contribution in [-0.4, -0.2) is 16.4 Å². The summed E-state index contributed by atoms with van der Waals surface area (Å²) in [4.78, 5) is 22.3. The second-order valence-electron chi connectivity index (χ2n) is 3.49. The van der Waals surface area contributed by atoms with Gasteiger partial charge in [0.1, 0.15) is 0 Å². The third kappa shape index (κ3) is 2.77. The van der Waals surface area contributed by atoms with E-state index in [1.807, 2.05) is 38.1 Å². The van der Waals surface area contributed by atoms with Gasteiger partial charge in [-0.15, -0.1) is 0 Å². The Morgan fingerprint density at radius 2 is 1.72 bits per heavy atom. The molecule has 0 aliphatic carbocycles. The first kappa shape index (κ1) is 14.0. The van der Waals surface area contributed by atoms with Crippen molar-refractivity contribution in [3.63, 3.8) is 0 Å². The molecule has 96 valence electrons. The summed E-state index contributed by atoms with van der Waals surface area (Å²) in [5.74, 6) is -0.0978. The molecule has 0 aliphatic heterocycles. The molecule has 0 unspecified atom stereocenters. The lowest BCUT2D eigenvalue weighted by Crippen LogP contribution is -2.03. The van der Waals surface area contributed by atoms with Crippen molar-refractivity contribution in [1.29, 1.82) is 0 Å². The van der Waals surface area contributed by atoms with Gasteiger partial charge in [-0.25, -0.2) is 0 Å². The van der Waals surface area contributed by atoms with E-state index in [1.165, 1.54) is 24.6 Å². The molecule has 0 amide bonds. The Bertz CT molecular complexity index is 569. The smallest absolute Gasteiger partial charge is 0.308 e. The average molecular weight is 247 g/mol. The number of benzene rings is 1. The molecule has 0 saturated heterocycles. The van der Waals surface area contributed by atoms with Gasteiger partial charge in [-0.2, -0.15) is 0 Å².